The Labute approximate surface area is 275 Å². The van der Waals surface area contributed by atoms with Crippen LogP contribution >= 0.6 is 0 Å². The molecule has 0 fully saturated rings. The molecule has 226 valence electrons. The number of rotatable bonds is 2. The van der Waals surface area contributed by atoms with Gasteiger partial charge >= 0.3 is 0 Å². The van der Waals surface area contributed by atoms with Crippen LogP contribution in [0.3, 0.4) is 0 Å². The van der Waals surface area contributed by atoms with Crippen LogP contribution in [0.4, 0.5) is 0 Å². The normalized spacial score (nSPS) is 12.4. The van der Waals surface area contributed by atoms with Crippen molar-refractivity contribution in [1.29, 1.82) is 0 Å². The minimum atomic E-state index is 1.18. The number of hydrogen-bond acceptors (Lipinski definition) is 0. The first-order valence-electron chi connectivity index (χ1n) is 16.6. The number of benzene rings is 7. The predicted octanol–water partition coefficient (Wildman–Crippen LogP) is 11.2. The van der Waals surface area contributed by atoms with Crippen LogP contribution in [0.25, 0.3) is 98.6 Å². The predicted molar refractivity (Wildman–Crippen MR) is 203 cm³/mol. The Morgan fingerprint density at radius 1 is 0.271 bits per heavy atom. The molecule has 0 aliphatic carbocycles. The fraction of sp³-hybridized carbons (Fsp3) is 0.0455. The van der Waals surface area contributed by atoms with E-state index in [1.807, 2.05) is 0 Å². The smallest absolute Gasteiger partial charge is 0.0541 e. The van der Waals surface area contributed by atoms with Gasteiger partial charge in [-0.05, 0) is 72.8 Å². The quantitative estimate of drug-likeness (QED) is 0.185. The highest BCUT2D eigenvalue weighted by Gasteiger charge is 2.18. The second kappa shape index (κ2) is 9.18. The van der Waals surface area contributed by atoms with Gasteiger partial charge in [0, 0.05) is 90.6 Å². The zero-order valence-corrected chi connectivity index (χ0v) is 26.6. The first-order chi connectivity index (χ1) is 23.7. The summed E-state index contributed by atoms with van der Waals surface area (Å²) in [6.45, 7) is 0. The molecule has 0 saturated heterocycles. The van der Waals surface area contributed by atoms with Crippen LogP contribution in [-0.4, -0.2) is 18.3 Å². The molecule has 11 rings (SSSR count). The maximum atomic E-state index is 2.41. The van der Waals surface area contributed by atoms with Crippen molar-refractivity contribution in [3.05, 3.63) is 146 Å². The largest absolute Gasteiger partial charge is 0.344 e. The zero-order valence-electron chi connectivity index (χ0n) is 26.6. The summed E-state index contributed by atoms with van der Waals surface area (Å²) in [5, 5.41) is 10.2. The average molecular weight is 615 g/mol. The molecule has 0 aliphatic rings. The topological polar surface area (TPSA) is 19.7 Å². The highest BCUT2D eigenvalue weighted by atomic mass is 15.0. The van der Waals surface area contributed by atoms with E-state index in [1.54, 1.807) is 0 Å². The van der Waals surface area contributed by atoms with Crippen LogP contribution in [0.2, 0.25) is 0 Å². The van der Waals surface area contributed by atoms with Crippen LogP contribution < -0.4 is 0 Å². The molecular weight excluding hydrogens is 585 g/mol. The van der Waals surface area contributed by atoms with Crippen molar-refractivity contribution in [2.24, 2.45) is 14.1 Å². The summed E-state index contributed by atoms with van der Waals surface area (Å²) in [5.41, 5.74) is 12.2. The van der Waals surface area contributed by atoms with E-state index in [-0.39, 0.29) is 0 Å². The van der Waals surface area contributed by atoms with Gasteiger partial charge in [-0.2, -0.15) is 0 Å². The maximum Gasteiger partial charge on any atom is 0.0541 e. The molecule has 4 aromatic heterocycles. The Bertz CT molecular complexity index is 2820. The average Bonchev–Trinajstić information content (AvgIpc) is 3.83. The highest BCUT2D eigenvalue weighted by Crippen LogP contribution is 2.40. The van der Waals surface area contributed by atoms with Gasteiger partial charge < -0.3 is 18.3 Å². The molecule has 0 spiro atoms. The van der Waals surface area contributed by atoms with Crippen LogP contribution in [0.5, 0.6) is 0 Å². The molecule has 0 saturated carbocycles. The minimum absolute atomic E-state index is 1.18. The standard InChI is InChI=1S/C44H30N4/c1-45-37-21-19-27(47-39-15-7-3-11-29(39)30-12-4-8-16-40(30)47)23-33(37)35-26-44-36(25-43(35)45)34-24-28(20-22-38(34)46(44)2)48-41-17-9-5-13-31(41)32-14-6-10-18-42(32)48/h3-26H,1-2H3. The van der Waals surface area contributed by atoms with Crippen LogP contribution in [0, 0.1) is 0 Å². The third-order valence-electron chi connectivity index (χ3n) is 10.8. The Morgan fingerprint density at radius 3 is 0.938 bits per heavy atom. The lowest BCUT2D eigenvalue weighted by atomic mass is 10.1. The summed E-state index contributed by atoms with van der Waals surface area (Å²) in [6.07, 6.45) is 0. The third-order valence-corrected chi connectivity index (χ3v) is 10.8. The van der Waals surface area contributed by atoms with E-state index in [1.165, 1.54) is 98.6 Å². The van der Waals surface area contributed by atoms with Crippen LogP contribution in [-0.2, 0) is 14.1 Å². The van der Waals surface area contributed by atoms with Crippen molar-refractivity contribution >= 4 is 87.2 Å². The van der Waals surface area contributed by atoms with Gasteiger partial charge in [-0.15, -0.1) is 0 Å². The van der Waals surface area contributed by atoms with E-state index in [0.717, 1.165) is 0 Å². The lowest BCUT2D eigenvalue weighted by Crippen LogP contribution is -1.94. The van der Waals surface area contributed by atoms with Gasteiger partial charge in [0.2, 0.25) is 0 Å². The van der Waals surface area contributed by atoms with E-state index in [2.05, 4.69) is 178 Å². The van der Waals surface area contributed by atoms with Gasteiger partial charge in [-0.3, -0.25) is 0 Å². The first-order valence-corrected chi connectivity index (χ1v) is 16.6. The fourth-order valence-electron chi connectivity index (χ4n) is 8.57. The number of hydrogen-bond donors (Lipinski definition) is 0. The fourth-order valence-corrected chi connectivity index (χ4v) is 8.57. The van der Waals surface area contributed by atoms with Crippen molar-refractivity contribution < 1.29 is 0 Å². The second-order valence-electron chi connectivity index (χ2n) is 13.1. The summed E-state index contributed by atoms with van der Waals surface area (Å²) in [5.74, 6) is 0. The molecule has 4 heterocycles. The molecule has 0 bridgehead atoms. The van der Waals surface area contributed by atoms with Crippen molar-refractivity contribution in [2.75, 3.05) is 0 Å². The molecule has 48 heavy (non-hydrogen) atoms. The molecule has 4 heteroatoms. The summed E-state index contributed by atoms with van der Waals surface area (Å²) in [4.78, 5) is 0. The highest BCUT2D eigenvalue weighted by molar-refractivity contribution is 6.19. The van der Waals surface area contributed by atoms with Crippen molar-refractivity contribution in [2.45, 2.75) is 0 Å². The van der Waals surface area contributed by atoms with Crippen molar-refractivity contribution in [3.8, 4) is 11.4 Å². The maximum absolute atomic E-state index is 2.41. The summed E-state index contributed by atoms with van der Waals surface area (Å²) in [7, 11) is 4.40. The van der Waals surface area contributed by atoms with Gasteiger partial charge in [0.05, 0.1) is 22.1 Å². The van der Waals surface area contributed by atoms with E-state index in [4.69, 9.17) is 0 Å². The second-order valence-corrected chi connectivity index (χ2v) is 13.1. The summed E-state index contributed by atoms with van der Waals surface area (Å²) in [6, 6.07) is 53.6. The Hall–Kier alpha value is -6.26. The number of fused-ring (bicyclic) bond motifs is 12. The molecule has 0 unspecified atom stereocenters. The van der Waals surface area contributed by atoms with Crippen LogP contribution in [0.15, 0.2) is 146 Å². The molecule has 7 aromatic carbocycles. The van der Waals surface area contributed by atoms with Gasteiger partial charge in [-0.1, -0.05) is 72.8 Å². The SMILES string of the molecule is Cn1c2ccc(-n3c4ccccc4c4ccccc43)cc2c2cc3c(cc21)c1cc(-n2c4ccccc4c4ccccc42)ccc1n3C. The minimum Gasteiger partial charge on any atom is -0.344 e. The zero-order chi connectivity index (χ0) is 31.7. The van der Waals surface area contributed by atoms with E-state index in [0.29, 0.717) is 0 Å². The number of aryl methyl sites for hydroxylation is 2. The molecule has 0 aliphatic heterocycles. The molecule has 11 aromatic rings. The molecule has 0 radical (unpaired) electrons. The monoisotopic (exact) mass is 614 g/mol. The molecule has 0 N–H and O–H groups in total. The Morgan fingerprint density at radius 2 is 0.583 bits per heavy atom. The Kier molecular flexibility index (Phi) is 4.95. The van der Waals surface area contributed by atoms with Crippen LogP contribution in [0.1, 0.15) is 0 Å². The van der Waals surface area contributed by atoms with Crippen molar-refractivity contribution in [1.82, 2.24) is 18.3 Å². The number of nitrogens with zero attached hydrogens (tertiary/aromatic N) is 4. The van der Waals surface area contributed by atoms with Gasteiger partial charge in [0.15, 0.2) is 0 Å². The van der Waals surface area contributed by atoms with Crippen molar-refractivity contribution in [3.63, 3.8) is 0 Å². The van der Waals surface area contributed by atoms with Gasteiger partial charge in [0.1, 0.15) is 0 Å². The van der Waals surface area contributed by atoms with Gasteiger partial charge in [-0.25, -0.2) is 0 Å². The Balaban J connectivity index is 1.17. The van der Waals surface area contributed by atoms with E-state index < -0.39 is 0 Å². The molecule has 4 nitrogen and oxygen atoms in total. The van der Waals surface area contributed by atoms with E-state index >= 15 is 0 Å². The number of aromatic nitrogens is 4. The molecular formula is C44H30N4. The van der Waals surface area contributed by atoms with Gasteiger partial charge in [0.25, 0.3) is 0 Å². The third kappa shape index (κ3) is 3.24. The molecule has 0 atom stereocenters. The lowest BCUT2D eigenvalue weighted by Gasteiger charge is -2.09. The lowest BCUT2D eigenvalue weighted by molar-refractivity contribution is 1.01. The van der Waals surface area contributed by atoms with E-state index in [9.17, 15) is 0 Å². The number of para-hydroxylation sites is 4. The first kappa shape index (κ1) is 25.9. The summed E-state index contributed by atoms with van der Waals surface area (Å²) < 4.78 is 9.54. The summed E-state index contributed by atoms with van der Waals surface area (Å²) >= 11 is 0. The molecule has 0 amide bonds.